The second-order valence-electron chi connectivity index (χ2n) is 5.91. The molecule has 0 aliphatic rings. The van der Waals surface area contributed by atoms with E-state index in [0.717, 1.165) is 5.56 Å². The van der Waals surface area contributed by atoms with Gasteiger partial charge in [0.25, 0.3) is 5.56 Å². The number of nitrogens with zero attached hydrogens (tertiary/aromatic N) is 4. The Balaban J connectivity index is 1.88. The zero-order valence-electron chi connectivity index (χ0n) is 13.9. The number of aromatic nitrogens is 4. The van der Waals surface area contributed by atoms with E-state index in [2.05, 4.69) is 9.97 Å². The summed E-state index contributed by atoms with van der Waals surface area (Å²) in [5.41, 5.74) is -0.363. The van der Waals surface area contributed by atoms with E-state index in [9.17, 15) is 14.7 Å². The van der Waals surface area contributed by atoms with Crippen molar-refractivity contribution >= 4 is 17.1 Å². The van der Waals surface area contributed by atoms with Crippen LogP contribution in [0.25, 0.3) is 16.9 Å². The third-order valence-electron chi connectivity index (χ3n) is 4.13. The molecule has 0 aliphatic carbocycles. The number of fused-ring (bicyclic) bond motifs is 1. The molecule has 3 aromatic heterocycles. The summed E-state index contributed by atoms with van der Waals surface area (Å²) in [5, 5.41) is 11.0. The minimum Gasteiger partial charge on any atom is -0.503 e. The Hall–Kier alpha value is -3.45. The minimum absolute atomic E-state index is 0.107. The molecule has 4 aromatic rings. The van der Waals surface area contributed by atoms with Crippen LogP contribution in [0, 0.1) is 0 Å². The lowest BCUT2D eigenvalue weighted by atomic mass is 10.2. The van der Waals surface area contributed by atoms with Gasteiger partial charge in [0, 0.05) is 36.0 Å². The number of aromatic hydroxyl groups is 1. The van der Waals surface area contributed by atoms with Crippen molar-refractivity contribution in [2.24, 2.45) is 0 Å². The van der Waals surface area contributed by atoms with Crippen LogP contribution in [0.4, 0.5) is 0 Å². The molecule has 134 valence electrons. The summed E-state index contributed by atoms with van der Waals surface area (Å²) in [5.74, 6) is -0.458. The third-order valence-corrected chi connectivity index (χ3v) is 4.36. The molecule has 0 bridgehead atoms. The van der Waals surface area contributed by atoms with E-state index in [0.29, 0.717) is 5.02 Å². The highest BCUT2D eigenvalue weighted by atomic mass is 35.5. The molecular formula is C19H13ClN4O3. The number of hydrogen-bond acceptors (Lipinski definition) is 5. The Labute approximate surface area is 157 Å². The number of hydrogen-bond donors (Lipinski definition) is 1. The van der Waals surface area contributed by atoms with Gasteiger partial charge in [0.15, 0.2) is 17.1 Å². The van der Waals surface area contributed by atoms with Crippen LogP contribution in [0.2, 0.25) is 5.02 Å². The molecule has 7 nitrogen and oxygen atoms in total. The quantitative estimate of drug-likeness (QED) is 0.589. The molecule has 0 fully saturated rings. The van der Waals surface area contributed by atoms with E-state index in [1.165, 1.54) is 27.6 Å². The van der Waals surface area contributed by atoms with Gasteiger partial charge in [-0.25, -0.2) is 9.97 Å². The smallest absolute Gasteiger partial charge is 0.279 e. The van der Waals surface area contributed by atoms with Crippen LogP contribution in [0.15, 0.2) is 70.9 Å². The van der Waals surface area contributed by atoms with E-state index in [1.807, 2.05) is 6.07 Å². The summed E-state index contributed by atoms with van der Waals surface area (Å²) in [4.78, 5) is 33.4. The lowest BCUT2D eigenvalue weighted by molar-refractivity contribution is 0.472. The van der Waals surface area contributed by atoms with Gasteiger partial charge in [0.05, 0.1) is 12.1 Å². The zero-order chi connectivity index (χ0) is 19.0. The number of halogens is 1. The SMILES string of the molecule is O=c1c(-c2ncccn2)cn2ccn(Cc3cccc(Cl)c3)c(=O)c2c1O. The van der Waals surface area contributed by atoms with Gasteiger partial charge in [0.2, 0.25) is 5.43 Å². The fourth-order valence-electron chi connectivity index (χ4n) is 2.86. The van der Waals surface area contributed by atoms with Crippen LogP contribution in [-0.4, -0.2) is 24.0 Å². The molecule has 1 aromatic carbocycles. The molecule has 27 heavy (non-hydrogen) atoms. The first-order chi connectivity index (χ1) is 13.0. The lowest BCUT2D eigenvalue weighted by Gasteiger charge is -2.11. The zero-order valence-corrected chi connectivity index (χ0v) is 14.7. The predicted octanol–water partition coefficient (Wildman–Crippen LogP) is 2.33. The van der Waals surface area contributed by atoms with Crippen LogP contribution in [0.1, 0.15) is 5.56 Å². The predicted molar refractivity (Wildman–Crippen MR) is 101 cm³/mol. The van der Waals surface area contributed by atoms with Crippen molar-refractivity contribution in [1.82, 2.24) is 18.9 Å². The molecule has 0 atom stereocenters. The van der Waals surface area contributed by atoms with Gasteiger partial charge in [-0.3, -0.25) is 9.59 Å². The molecule has 8 heteroatoms. The Bertz CT molecular complexity index is 1270. The van der Waals surface area contributed by atoms with Crippen molar-refractivity contribution in [2.45, 2.75) is 6.54 Å². The van der Waals surface area contributed by atoms with E-state index >= 15 is 0 Å². The van der Waals surface area contributed by atoms with Crippen molar-refractivity contribution in [3.05, 3.63) is 92.5 Å². The first-order valence-corrected chi connectivity index (χ1v) is 8.41. The van der Waals surface area contributed by atoms with Crippen molar-refractivity contribution in [3.8, 4) is 17.1 Å². The van der Waals surface area contributed by atoms with Gasteiger partial charge < -0.3 is 14.1 Å². The molecule has 0 amide bonds. The summed E-state index contributed by atoms with van der Waals surface area (Å²) >= 11 is 5.98. The van der Waals surface area contributed by atoms with E-state index in [-0.39, 0.29) is 23.4 Å². The van der Waals surface area contributed by atoms with Crippen molar-refractivity contribution in [1.29, 1.82) is 0 Å². The van der Waals surface area contributed by atoms with Gasteiger partial charge >= 0.3 is 0 Å². The molecular weight excluding hydrogens is 368 g/mol. The average Bonchev–Trinajstić information content (AvgIpc) is 2.67. The molecule has 0 saturated heterocycles. The second kappa shape index (κ2) is 6.69. The molecule has 0 aliphatic heterocycles. The fraction of sp³-hybridized carbons (Fsp3) is 0.0526. The largest absolute Gasteiger partial charge is 0.503 e. The van der Waals surface area contributed by atoms with Crippen LogP contribution >= 0.6 is 11.6 Å². The van der Waals surface area contributed by atoms with Crippen LogP contribution in [0.5, 0.6) is 5.75 Å². The highest BCUT2D eigenvalue weighted by molar-refractivity contribution is 6.30. The highest BCUT2D eigenvalue weighted by Crippen LogP contribution is 2.17. The minimum atomic E-state index is -0.696. The summed E-state index contributed by atoms with van der Waals surface area (Å²) in [6, 6.07) is 8.74. The molecule has 0 unspecified atom stereocenters. The van der Waals surface area contributed by atoms with Crippen molar-refractivity contribution in [3.63, 3.8) is 0 Å². The number of benzene rings is 1. The van der Waals surface area contributed by atoms with Gasteiger partial charge in [0.1, 0.15) is 0 Å². The monoisotopic (exact) mass is 380 g/mol. The van der Waals surface area contributed by atoms with Gasteiger partial charge in [-0.1, -0.05) is 23.7 Å². The van der Waals surface area contributed by atoms with E-state index < -0.39 is 16.7 Å². The Morgan fingerprint density at radius 2 is 1.85 bits per heavy atom. The van der Waals surface area contributed by atoms with Crippen LogP contribution in [-0.2, 0) is 6.54 Å². The summed E-state index contributed by atoms with van der Waals surface area (Å²) < 4.78 is 2.80. The third kappa shape index (κ3) is 3.09. The van der Waals surface area contributed by atoms with Crippen LogP contribution < -0.4 is 11.0 Å². The van der Waals surface area contributed by atoms with Crippen molar-refractivity contribution in [2.75, 3.05) is 0 Å². The maximum absolute atomic E-state index is 12.8. The summed E-state index contributed by atoms with van der Waals surface area (Å²) in [7, 11) is 0. The normalized spacial score (nSPS) is 11.0. The Morgan fingerprint density at radius 1 is 1.07 bits per heavy atom. The maximum Gasteiger partial charge on any atom is 0.279 e. The molecule has 4 rings (SSSR count). The van der Waals surface area contributed by atoms with Gasteiger partial charge in [-0.05, 0) is 23.8 Å². The van der Waals surface area contributed by atoms with Gasteiger partial charge in [-0.15, -0.1) is 0 Å². The van der Waals surface area contributed by atoms with Gasteiger partial charge in [-0.2, -0.15) is 0 Å². The average molecular weight is 381 g/mol. The van der Waals surface area contributed by atoms with E-state index in [4.69, 9.17) is 11.6 Å². The summed E-state index contributed by atoms with van der Waals surface area (Å²) in [6.45, 7) is 0.257. The Morgan fingerprint density at radius 3 is 2.59 bits per heavy atom. The molecule has 1 N–H and O–H groups in total. The van der Waals surface area contributed by atoms with Crippen LogP contribution in [0.3, 0.4) is 0 Å². The number of rotatable bonds is 3. The molecule has 0 radical (unpaired) electrons. The first-order valence-electron chi connectivity index (χ1n) is 8.04. The Kier molecular flexibility index (Phi) is 4.21. The topological polar surface area (TPSA) is 89.5 Å². The molecule has 0 saturated carbocycles. The molecule has 3 heterocycles. The maximum atomic E-state index is 12.8. The summed E-state index contributed by atoms with van der Waals surface area (Å²) in [6.07, 6.45) is 7.60. The fourth-order valence-corrected chi connectivity index (χ4v) is 3.07. The van der Waals surface area contributed by atoms with Crippen molar-refractivity contribution < 1.29 is 5.11 Å². The molecule has 0 spiro atoms. The lowest BCUT2D eigenvalue weighted by Crippen LogP contribution is -2.24. The number of pyridine rings is 1. The van der Waals surface area contributed by atoms with E-state index in [1.54, 1.807) is 36.7 Å². The first kappa shape index (κ1) is 17.0. The standard InChI is InChI=1S/C19H13ClN4O3/c20-13-4-1-3-12(9-13)10-24-8-7-23-11-14(18-21-5-2-6-22-18)16(25)17(26)15(23)19(24)27/h1-9,11,26H,10H2. The highest BCUT2D eigenvalue weighted by Gasteiger charge is 2.17. The second-order valence-corrected chi connectivity index (χ2v) is 6.35.